The van der Waals surface area contributed by atoms with Gasteiger partial charge in [0.05, 0.1) is 9.79 Å². The smallest absolute Gasteiger partial charge is 0.206 e. The van der Waals surface area contributed by atoms with E-state index in [4.69, 9.17) is 0 Å². The molecule has 1 fully saturated rings. The Labute approximate surface area is 160 Å². The lowest BCUT2D eigenvalue weighted by Gasteiger charge is -2.26. The highest BCUT2D eigenvalue weighted by molar-refractivity contribution is 7.91. The Bertz CT molecular complexity index is 976. The van der Waals surface area contributed by atoms with Crippen LogP contribution in [-0.4, -0.2) is 33.6 Å². The largest absolute Gasteiger partial charge is 0.371 e. The van der Waals surface area contributed by atoms with E-state index in [2.05, 4.69) is 31.1 Å². The van der Waals surface area contributed by atoms with Crippen molar-refractivity contribution in [1.82, 2.24) is 5.32 Å². The van der Waals surface area contributed by atoms with Gasteiger partial charge in [-0.05, 0) is 68.7 Å². The van der Waals surface area contributed by atoms with Crippen molar-refractivity contribution in [2.45, 2.75) is 60.5 Å². The first kappa shape index (κ1) is 18.4. The summed E-state index contributed by atoms with van der Waals surface area (Å²) >= 11 is 0. The summed E-state index contributed by atoms with van der Waals surface area (Å²) in [4.78, 5) is 2.52. The Morgan fingerprint density at radius 1 is 1.04 bits per heavy atom. The zero-order chi connectivity index (χ0) is 19.3. The van der Waals surface area contributed by atoms with Crippen LogP contribution < -0.4 is 10.2 Å². The normalized spacial score (nSPS) is 27.8. The molecule has 0 aliphatic carbocycles. The average molecular weight is 389 g/mol. The second-order valence-electron chi connectivity index (χ2n) is 7.91. The van der Waals surface area contributed by atoms with E-state index in [-0.39, 0.29) is 9.79 Å². The van der Waals surface area contributed by atoms with E-state index >= 15 is 0 Å². The molecule has 2 aromatic carbocycles. The summed E-state index contributed by atoms with van der Waals surface area (Å²) < 4.78 is 39.6. The highest BCUT2D eigenvalue weighted by Crippen LogP contribution is 2.46. The Morgan fingerprint density at radius 2 is 1.74 bits per heavy atom. The molecule has 0 spiro atoms. The molecule has 0 bridgehead atoms. The van der Waals surface area contributed by atoms with Gasteiger partial charge in [0.1, 0.15) is 5.82 Å². The zero-order valence-corrected chi connectivity index (χ0v) is 16.6. The fraction of sp³-hybridized carbons (Fsp3) is 0.429. The number of likely N-dealkylation sites (N-methyl/N-ethyl adjacent to an activating group) is 1. The number of fused-ring (bicyclic) bond motifs is 3. The molecule has 1 N–H and O–H groups in total. The molecule has 0 saturated carbocycles. The van der Waals surface area contributed by atoms with Gasteiger partial charge in [0, 0.05) is 36.8 Å². The number of benzene rings is 2. The Hall–Kier alpha value is -1.92. The second kappa shape index (κ2) is 6.60. The van der Waals surface area contributed by atoms with Crippen molar-refractivity contribution >= 4 is 15.5 Å². The predicted octanol–water partition coefficient (Wildman–Crippen LogP) is 3.72. The van der Waals surface area contributed by atoms with Crippen LogP contribution in [0.15, 0.2) is 52.3 Å². The minimum absolute atomic E-state index is 0.00475. The molecule has 2 heterocycles. The number of anilines is 1. The minimum atomic E-state index is -3.75. The summed E-state index contributed by atoms with van der Waals surface area (Å²) in [6, 6.07) is 11.7. The molecule has 144 valence electrons. The van der Waals surface area contributed by atoms with Gasteiger partial charge >= 0.3 is 0 Å². The molecule has 27 heavy (non-hydrogen) atoms. The van der Waals surface area contributed by atoms with Crippen molar-refractivity contribution in [2.24, 2.45) is 0 Å². The van der Waals surface area contributed by atoms with Gasteiger partial charge in [-0.1, -0.05) is 6.07 Å². The summed E-state index contributed by atoms with van der Waals surface area (Å²) in [6.45, 7) is 4.39. The topological polar surface area (TPSA) is 49.4 Å². The number of sulfone groups is 1. The van der Waals surface area contributed by atoms with Crippen LogP contribution >= 0.6 is 0 Å². The van der Waals surface area contributed by atoms with Crippen molar-refractivity contribution in [1.29, 1.82) is 0 Å². The maximum Gasteiger partial charge on any atom is 0.206 e. The quantitative estimate of drug-likeness (QED) is 0.852. The Morgan fingerprint density at radius 3 is 2.48 bits per heavy atom. The summed E-state index contributed by atoms with van der Waals surface area (Å²) in [5.74, 6) is -0.255. The highest BCUT2D eigenvalue weighted by Gasteiger charge is 2.40. The first-order valence-electron chi connectivity index (χ1n) is 9.41. The molecule has 0 radical (unpaired) electrons. The minimum Gasteiger partial charge on any atom is -0.371 e. The lowest BCUT2D eigenvalue weighted by molar-refractivity contribution is 0.466. The van der Waals surface area contributed by atoms with Crippen LogP contribution in [-0.2, 0) is 9.84 Å². The first-order chi connectivity index (χ1) is 12.8. The third-order valence-corrected chi connectivity index (χ3v) is 7.68. The fourth-order valence-corrected chi connectivity index (χ4v) is 6.04. The van der Waals surface area contributed by atoms with Crippen LogP contribution in [0.3, 0.4) is 0 Å². The monoisotopic (exact) mass is 388 g/mol. The summed E-state index contributed by atoms with van der Waals surface area (Å²) in [7, 11) is -1.66. The molecular weight excluding hydrogens is 363 g/mol. The SMILES string of the molecule is CC1C[C@@H]2[C@@H](CC(C)N1)c1cc(S(=O)(=O)c3cccc(F)c3)ccc1N2C. The Balaban J connectivity index is 1.78. The molecule has 0 amide bonds. The van der Waals surface area contributed by atoms with Crippen molar-refractivity contribution < 1.29 is 12.8 Å². The molecule has 2 aliphatic heterocycles. The number of nitrogens with one attached hydrogen (secondary N) is 1. The van der Waals surface area contributed by atoms with E-state index in [1.54, 1.807) is 12.1 Å². The van der Waals surface area contributed by atoms with Crippen LogP contribution in [0.5, 0.6) is 0 Å². The fourth-order valence-electron chi connectivity index (χ4n) is 4.72. The zero-order valence-electron chi connectivity index (χ0n) is 15.8. The van der Waals surface area contributed by atoms with Crippen LogP contribution in [0, 0.1) is 5.82 Å². The maximum atomic E-state index is 13.6. The number of halogens is 1. The molecule has 4 atom stereocenters. The third-order valence-electron chi connectivity index (χ3n) is 5.93. The number of rotatable bonds is 2. The highest BCUT2D eigenvalue weighted by atomic mass is 32.2. The molecule has 4 nitrogen and oxygen atoms in total. The van der Waals surface area contributed by atoms with E-state index in [0.29, 0.717) is 24.0 Å². The molecule has 2 aromatic rings. The van der Waals surface area contributed by atoms with Crippen molar-refractivity contribution in [3.8, 4) is 0 Å². The second-order valence-corrected chi connectivity index (χ2v) is 9.86. The number of nitrogens with zero attached hydrogens (tertiary/aromatic N) is 1. The first-order valence-corrected chi connectivity index (χ1v) is 10.9. The summed E-state index contributed by atoms with van der Waals surface area (Å²) in [5.41, 5.74) is 2.19. The van der Waals surface area contributed by atoms with Gasteiger partial charge in [0.25, 0.3) is 0 Å². The summed E-state index contributed by atoms with van der Waals surface area (Å²) in [6.07, 6.45) is 1.99. The van der Waals surface area contributed by atoms with Crippen LogP contribution in [0.1, 0.15) is 38.2 Å². The molecule has 6 heteroatoms. The van der Waals surface area contributed by atoms with E-state index in [9.17, 15) is 12.8 Å². The van der Waals surface area contributed by atoms with Crippen LogP contribution in [0.4, 0.5) is 10.1 Å². The van der Waals surface area contributed by atoms with Crippen LogP contribution in [0.2, 0.25) is 0 Å². The van der Waals surface area contributed by atoms with Crippen LogP contribution in [0.25, 0.3) is 0 Å². The van der Waals surface area contributed by atoms with Crippen molar-refractivity contribution in [3.05, 3.63) is 53.8 Å². The average Bonchev–Trinajstić information content (AvgIpc) is 2.76. The number of hydrogen-bond donors (Lipinski definition) is 1. The van der Waals surface area contributed by atoms with Gasteiger partial charge in [-0.15, -0.1) is 0 Å². The molecule has 2 aliphatic rings. The van der Waals surface area contributed by atoms with Gasteiger partial charge in [0.2, 0.25) is 9.84 Å². The van der Waals surface area contributed by atoms with Gasteiger partial charge in [-0.25, -0.2) is 12.8 Å². The van der Waals surface area contributed by atoms with Gasteiger partial charge in [-0.3, -0.25) is 0 Å². The van der Waals surface area contributed by atoms with E-state index < -0.39 is 15.7 Å². The lowest BCUT2D eigenvalue weighted by atomic mass is 9.88. The van der Waals surface area contributed by atoms with Crippen molar-refractivity contribution in [2.75, 3.05) is 11.9 Å². The lowest BCUT2D eigenvalue weighted by Crippen LogP contribution is -2.36. The maximum absolute atomic E-state index is 13.6. The van der Waals surface area contributed by atoms with Gasteiger partial charge in [-0.2, -0.15) is 0 Å². The standard InChI is InChI=1S/C21H25FN2O2S/c1-13-9-18-19-12-17(27(25,26)16-6-4-5-15(22)11-16)7-8-20(19)24(3)21(18)10-14(2)23-13/h4-8,11-14,18,21,23H,9-10H2,1-3H3/t13?,14?,18-,21+/m0/s1. The number of hydrogen-bond acceptors (Lipinski definition) is 4. The molecule has 1 saturated heterocycles. The summed E-state index contributed by atoms with van der Waals surface area (Å²) in [5, 5.41) is 3.61. The van der Waals surface area contributed by atoms with E-state index in [1.807, 2.05) is 6.07 Å². The molecular formula is C21H25FN2O2S. The third kappa shape index (κ3) is 3.15. The molecule has 0 aromatic heterocycles. The van der Waals surface area contributed by atoms with Gasteiger partial charge in [0.15, 0.2) is 0 Å². The molecule has 4 rings (SSSR count). The predicted molar refractivity (Wildman–Crippen MR) is 105 cm³/mol. The van der Waals surface area contributed by atoms with E-state index in [1.165, 1.54) is 18.2 Å². The molecule has 2 unspecified atom stereocenters. The Kier molecular flexibility index (Phi) is 4.51. The van der Waals surface area contributed by atoms with Crippen molar-refractivity contribution in [3.63, 3.8) is 0 Å². The van der Waals surface area contributed by atoms with Gasteiger partial charge < -0.3 is 10.2 Å². The van der Waals surface area contributed by atoms with E-state index in [0.717, 1.165) is 30.2 Å².